The molecule has 0 spiro atoms. The van der Waals surface area contributed by atoms with Crippen LogP contribution in [-0.2, 0) is 19.1 Å². The van der Waals surface area contributed by atoms with Crippen molar-refractivity contribution < 1.29 is 28.7 Å². The molecule has 0 bridgehead atoms. The van der Waals surface area contributed by atoms with Crippen molar-refractivity contribution in [2.24, 2.45) is 0 Å². The summed E-state index contributed by atoms with van der Waals surface area (Å²) in [4.78, 5) is 52.8. The van der Waals surface area contributed by atoms with Crippen molar-refractivity contribution in [1.82, 2.24) is 9.80 Å². The van der Waals surface area contributed by atoms with Crippen LogP contribution in [0.4, 0.5) is 10.5 Å². The summed E-state index contributed by atoms with van der Waals surface area (Å²) in [5, 5.41) is 0. The van der Waals surface area contributed by atoms with E-state index in [0.717, 1.165) is 4.90 Å². The summed E-state index contributed by atoms with van der Waals surface area (Å²) in [5.74, 6) is -1.99. The molecule has 2 aliphatic rings. The summed E-state index contributed by atoms with van der Waals surface area (Å²) in [6.45, 7) is 3.94. The fourth-order valence-electron chi connectivity index (χ4n) is 3.24. The number of rotatable bonds is 4. The second-order valence-electron chi connectivity index (χ2n) is 6.57. The summed E-state index contributed by atoms with van der Waals surface area (Å²) in [6, 6.07) is 5.39. The Kier molecular flexibility index (Phi) is 5.13. The molecule has 144 valence electrons. The van der Waals surface area contributed by atoms with E-state index in [9.17, 15) is 19.2 Å². The molecule has 0 unspecified atom stereocenters. The number of benzene rings is 1. The predicted molar refractivity (Wildman–Crippen MR) is 94.2 cm³/mol. The zero-order valence-corrected chi connectivity index (χ0v) is 15.4. The number of urea groups is 1. The second-order valence-corrected chi connectivity index (χ2v) is 6.57. The van der Waals surface area contributed by atoms with Crippen LogP contribution in [0.3, 0.4) is 0 Å². The maximum absolute atomic E-state index is 12.6. The zero-order valence-electron chi connectivity index (χ0n) is 15.4. The molecule has 0 radical (unpaired) electrons. The number of hydrogen-bond donors (Lipinski definition) is 0. The van der Waals surface area contributed by atoms with Crippen LogP contribution < -0.4 is 9.64 Å². The fraction of sp³-hybridized carbons (Fsp3) is 0.444. The van der Waals surface area contributed by atoms with Gasteiger partial charge < -0.3 is 14.4 Å². The van der Waals surface area contributed by atoms with Gasteiger partial charge >= 0.3 is 17.8 Å². The number of imide groups is 2. The maximum atomic E-state index is 12.6. The molecule has 0 N–H and O–H groups in total. The van der Waals surface area contributed by atoms with Gasteiger partial charge in [-0.15, -0.1) is 0 Å². The van der Waals surface area contributed by atoms with Crippen LogP contribution in [0.5, 0.6) is 5.75 Å². The minimum atomic E-state index is -1.02. The minimum absolute atomic E-state index is 0.141. The second kappa shape index (κ2) is 7.36. The molecule has 2 atom stereocenters. The smallest absolute Gasteiger partial charge is 0.339 e. The van der Waals surface area contributed by atoms with Gasteiger partial charge in [-0.3, -0.25) is 14.4 Å². The van der Waals surface area contributed by atoms with Crippen molar-refractivity contribution in [2.45, 2.75) is 26.1 Å². The van der Waals surface area contributed by atoms with Gasteiger partial charge in [-0.05, 0) is 26.0 Å². The van der Waals surface area contributed by atoms with Crippen LogP contribution in [0, 0.1) is 0 Å². The number of amides is 5. The van der Waals surface area contributed by atoms with Crippen molar-refractivity contribution >= 4 is 29.4 Å². The van der Waals surface area contributed by atoms with E-state index in [2.05, 4.69) is 0 Å². The number of carbonyl (C=O) groups is 4. The van der Waals surface area contributed by atoms with Crippen LogP contribution in [-0.4, -0.2) is 72.5 Å². The first-order chi connectivity index (χ1) is 12.8. The van der Waals surface area contributed by atoms with Gasteiger partial charge in [0.1, 0.15) is 12.3 Å². The van der Waals surface area contributed by atoms with Gasteiger partial charge in [-0.2, -0.15) is 0 Å². The molecule has 0 aliphatic carbocycles. The summed E-state index contributed by atoms with van der Waals surface area (Å²) in [6.07, 6.45) is -0.282. The highest BCUT2D eigenvalue weighted by atomic mass is 16.5. The van der Waals surface area contributed by atoms with Gasteiger partial charge in [-0.25, -0.2) is 14.6 Å². The lowest BCUT2D eigenvalue weighted by Gasteiger charge is -2.35. The van der Waals surface area contributed by atoms with Gasteiger partial charge in [0.25, 0.3) is 0 Å². The third kappa shape index (κ3) is 3.63. The normalized spacial score (nSPS) is 23.2. The van der Waals surface area contributed by atoms with Crippen molar-refractivity contribution in [3.63, 3.8) is 0 Å². The molecule has 2 aliphatic heterocycles. The van der Waals surface area contributed by atoms with E-state index >= 15 is 0 Å². The molecule has 0 aromatic heterocycles. The molecule has 2 heterocycles. The van der Waals surface area contributed by atoms with E-state index in [1.165, 1.54) is 24.1 Å². The number of morpholine rings is 1. The summed E-state index contributed by atoms with van der Waals surface area (Å²) in [5.41, 5.74) is 0.210. The molecule has 0 saturated carbocycles. The van der Waals surface area contributed by atoms with Crippen LogP contribution in [0.1, 0.15) is 13.8 Å². The minimum Gasteiger partial charge on any atom is -0.497 e. The van der Waals surface area contributed by atoms with Gasteiger partial charge in [0.15, 0.2) is 0 Å². The summed E-state index contributed by atoms with van der Waals surface area (Å²) in [7, 11) is 1.45. The Balaban J connectivity index is 1.77. The highest BCUT2D eigenvalue weighted by Gasteiger charge is 2.46. The third-order valence-corrected chi connectivity index (χ3v) is 4.43. The fourth-order valence-corrected chi connectivity index (χ4v) is 3.24. The van der Waals surface area contributed by atoms with E-state index in [1.807, 2.05) is 13.8 Å². The van der Waals surface area contributed by atoms with Gasteiger partial charge in [-0.1, -0.05) is 6.07 Å². The first-order valence-electron chi connectivity index (χ1n) is 8.59. The SMILES string of the molecule is COc1cccc(N2C(=O)C(=O)N(CC(=O)N3C[C@@H](C)O[C@@H](C)C3)C2=O)c1. The standard InChI is InChI=1S/C18H21N3O6/c1-11-8-19(9-12(2)27-11)15(22)10-20-16(23)17(24)21(18(20)25)13-5-4-6-14(7-13)26-3/h4-7,11-12H,8-10H2,1-3H3/t11-,12+. The molecule has 5 amide bonds. The molecule has 9 nitrogen and oxygen atoms in total. The van der Waals surface area contributed by atoms with E-state index < -0.39 is 30.3 Å². The Morgan fingerprint density at radius 2 is 1.81 bits per heavy atom. The highest BCUT2D eigenvalue weighted by Crippen LogP contribution is 2.26. The molecule has 3 rings (SSSR count). The van der Waals surface area contributed by atoms with Crippen molar-refractivity contribution in [1.29, 1.82) is 0 Å². The third-order valence-electron chi connectivity index (χ3n) is 4.43. The quantitative estimate of drug-likeness (QED) is 0.566. The molecular weight excluding hydrogens is 354 g/mol. The van der Waals surface area contributed by atoms with E-state index in [1.54, 1.807) is 12.1 Å². The molecule has 27 heavy (non-hydrogen) atoms. The monoisotopic (exact) mass is 375 g/mol. The van der Waals surface area contributed by atoms with E-state index in [-0.39, 0.29) is 17.9 Å². The number of ether oxygens (including phenoxy) is 2. The van der Waals surface area contributed by atoms with Gasteiger partial charge in [0.2, 0.25) is 5.91 Å². The molecule has 1 aromatic carbocycles. The number of carbonyl (C=O) groups excluding carboxylic acids is 4. The number of methoxy groups -OCH3 is 1. The lowest BCUT2D eigenvalue weighted by atomic mass is 10.2. The summed E-state index contributed by atoms with van der Waals surface area (Å²) < 4.78 is 10.7. The maximum Gasteiger partial charge on any atom is 0.339 e. The molecule has 9 heteroatoms. The Morgan fingerprint density at radius 3 is 2.44 bits per heavy atom. The first kappa shape index (κ1) is 18.8. The molecule has 1 aromatic rings. The molecule has 2 saturated heterocycles. The molecule has 2 fully saturated rings. The Labute approximate surface area is 156 Å². The predicted octanol–water partition coefficient (Wildman–Crippen LogP) is 0.626. The first-order valence-corrected chi connectivity index (χ1v) is 8.59. The van der Waals surface area contributed by atoms with Crippen LogP contribution in [0.25, 0.3) is 0 Å². The topological polar surface area (TPSA) is 96.5 Å². The van der Waals surface area contributed by atoms with Crippen LogP contribution in [0.15, 0.2) is 24.3 Å². The number of anilines is 1. The van der Waals surface area contributed by atoms with Gasteiger partial charge in [0.05, 0.1) is 25.0 Å². The van der Waals surface area contributed by atoms with Crippen LogP contribution in [0.2, 0.25) is 0 Å². The zero-order chi connectivity index (χ0) is 19.7. The average molecular weight is 375 g/mol. The lowest BCUT2D eigenvalue weighted by molar-refractivity contribution is -0.147. The van der Waals surface area contributed by atoms with Crippen molar-refractivity contribution in [2.75, 3.05) is 31.6 Å². The lowest BCUT2D eigenvalue weighted by Crippen LogP contribution is -2.51. The number of nitrogens with zero attached hydrogens (tertiary/aromatic N) is 3. The summed E-state index contributed by atoms with van der Waals surface area (Å²) >= 11 is 0. The molecular formula is C18H21N3O6. The largest absolute Gasteiger partial charge is 0.497 e. The Morgan fingerprint density at radius 1 is 1.15 bits per heavy atom. The number of hydrogen-bond acceptors (Lipinski definition) is 6. The Hall–Kier alpha value is -2.94. The highest BCUT2D eigenvalue weighted by molar-refractivity contribution is 6.53. The van der Waals surface area contributed by atoms with Crippen LogP contribution >= 0.6 is 0 Å². The van der Waals surface area contributed by atoms with E-state index in [0.29, 0.717) is 23.7 Å². The average Bonchev–Trinajstić information content (AvgIpc) is 2.84. The van der Waals surface area contributed by atoms with Crippen molar-refractivity contribution in [3.05, 3.63) is 24.3 Å². The van der Waals surface area contributed by atoms with E-state index in [4.69, 9.17) is 9.47 Å². The Bertz CT molecular complexity index is 785. The van der Waals surface area contributed by atoms with Crippen molar-refractivity contribution in [3.8, 4) is 5.75 Å². The van der Waals surface area contributed by atoms with Gasteiger partial charge in [0, 0.05) is 19.2 Å².